The average molecular weight is 525 g/mol. The molecule has 3 rings (SSSR count). The second kappa shape index (κ2) is 8.89. The standard InChI is InChI=1S/C20H15Br2NO4S/c1-26-16-9-7-15(8-10-16)23-13-14-11-18(21)20(19(22)12-14)27-28(24,25)17-5-3-2-4-6-17/h2-13H,1H3. The lowest BCUT2D eigenvalue weighted by Crippen LogP contribution is -2.10. The number of methoxy groups -OCH3 is 1. The summed E-state index contributed by atoms with van der Waals surface area (Å²) in [5, 5.41) is 0. The molecule has 0 amide bonds. The average Bonchev–Trinajstić information content (AvgIpc) is 2.70. The van der Waals surface area contributed by atoms with Gasteiger partial charge in [-0.3, -0.25) is 4.99 Å². The third-order valence-electron chi connectivity index (χ3n) is 3.68. The van der Waals surface area contributed by atoms with Crippen LogP contribution in [-0.2, 0) is 10.1 Å². The smallest absolute Gasteiger partial charge is 0.339 e. The third kappa shape index (κ3) is 5.01. The molecule has 0 radical (unpaired) electrons. The van der Waals surface area contributed by atoms with Gasteiger partial charge < -0.3 is 8.92 Å². The fourth-order valence-corrected chi connectivity index (χ4v) is 4.88. The minimum atomic E-state index is -3.94. The highest BCUT2D eigenvalue weighted by atomic mass is 79.9. The van der Waals surface area contributed by atoms with E-state index in [4.69, 9.17) is 8.92 Å². The summed E-state index contributed by atoms with van der Waals surface area (Å²) in [5.74, 6) is 0.927. The lowest BCUT2D eigenvalue weighted by atomic mass is 10.2. The van der Waals surface area contributed by atoms with E-state index in [1.54, 1.807) is 43.7 Å². The van der Waals surface area contributed by atoms with Gasteiger partial charge in [-0.05, 0) is 86.0 Å². The van der Waals surface area contributed by atoms with E-state index in [1.807, 2.05) is 24.3 Å². The van der Waals surface area contributed by atoms with Crippen LogP contribution in [0.4, 0.5) is 5.69 Å². The van der Waals surface area contributed by atoms with Gasteiger partial charge in [0, 0.05) is 6.21 Å². The highest BCUT2D eigenvalue weighted by Gasteiger charge is 2.20. The van der Waals surface area contributed by atoms with Gasteiger partial charge in [0.25, 0.3) is 0 Å². The van der Waals surface area contributed by atoms with Gasteiger partial charge in [-0.2, -0.15) is 8.42 Å². The molecule has 3 aromatic rings. The van der Waals surface area contributed by atoms with Gasteiger partial charge in [0.05, 0.1) is 21.7 Å². The summed E-state index contributed by atoms with van der Waals surface area (Å²) in [4.78, 5) is 4.49. The number of benzene rings is 3. The van der Waals surface area contributed by atoms with Crippen LogP contribution in [0.5, 0.6) is 11.5 Å². The van der Waals surface area contributed by atoms with Crippen molar-refractivity contribution < 1.29 is 17.3 Å². The Morgan fingerprint density at radius 2 is 1.54 bits per heavy atom. The van der Waals surface area contributed by atoms with Crippen molar-refractivity contribution in [2.24, 2.45) is 4.99 Å². The van der Waals surface area contributed by atoms with Crippen molar-refractivity contribution in [1.82, 2.24) is 0 Å². The van der Waals surface area contributed by atoms with E-state index in [9.17, 15) is 8.42 Å². The fourth-order valence-electron chi connectivity index (χ4n) is 2.30. The second-order valence-corrected chi connectivity index (χ2v) is 8.88. The SMILES string of the molecule is COc1ccc(N=Cc2cc(Br)c(OS(=O)(=O)c3ccccc3)c(Br)c2)cc1. The van der Waals surface area contributed by atoms with Crippen molar-refractivity contribution in [3.63, 3.8) is 0 Å². The van der Waals surface area contributed by atoms with E-state index in [-0.39, 0.29) is 10.6 Å². The van der Waals surface area contributed by atoms with Crippen LogP contribution in [0.1, 0.15) is 5.56 Å². The summed E-state index contributed by atoms with van der Waals surface area (Å²) >= 11 is 6.74. The van der Waals surface area contributed by atoms with Crippen LogP contribution in [-0.4, -0.2) is 21.7 Å². The fraction of sp³-hybridized carbons (Fsp3) is 0.0500. The predicted molar refractivity (Wildman–Crippen MR) is 116 cm³/mol. The monoisotopic (exact) mass is 523 g/mol. The molecule has 0 aromatic heterocycles. The number of halogens is 2. The van der Waals surface area contributed by atoms with Gasteiger partial charge in [0.15, 0.2) is 5.75 Å². The first kappa shape index (κ1) is 20.6. The van der Waals surface area contributed by atoms with Crippen molar-refractivity contribution in [3.05, 3.63) is 81.2 Å². The Bertz CT molecular complexity index is 1080. The van der Waals surface area contributed by atoms with E-state index < -0.39 is 10.1 Å². The van der Waals surface area contributed by atoms with E-state index in [0.717, 1.165) is 17.0 Å². The number of ether oxygens (including phenoxy) is 1. The van der Waals surface area contributed by atoms with Gasteiger partial charge in [-0.1, -0.05) is 18.2 Å². The molecule has 0 aliphatic heterocycles. The molecule has 3 aromatic carbocycles. The molecule has 0 unspecified atom stereocenters. The highest BCUT2D eigenvalue weighted by molar-refractivity contribution is 9.11. The van der Waals surface area contributed by atoms with Crippen LogP contribution in [0, 0.1) is 0 Å². The summed E-state index contributed by atoms with van der Waals surface area (Å²) in [5.41, 5.74) is 1.53. The first-order valence-corrected chi connectivity index (χ1v) is 11.1. The van der Waals surface area contributed by atoms with Crippen molar-refractivity contribution in [1.29, 1.82) is 0 Å². The first-order valence-electron chi connectivity index (χ1n) is 8.06. The summed E-state index contributed by atoms with van der Waals surface area (Å²) in [6, 6.07) is 18.8. The van der Waals surface area contributed by atoms with Crippen molar-refractivity contribution in [2.75, 3.05) is 7.11 Å². The molecule has 8 heteroatoms. The molecule has 0 N–H and O–H groups in total. The van der Waals surface area contributed by atoms with Crippen molar-refractivity contribution in [3.8, 4) is 11.5 Å². The molecule has 0 fully saturated rings. The van der Waals surface area contributed by atoms with Crippen LogP contribution < -0.4 is 8.92 Å². The highest BCUT2D eigenvalue weighted by Crippen LogP contribution is 2.36. The summed E-state index contributed by atoms with van der Waals surface area (Å²) < 4.78 is 36.3. The third-order valence-corrected chi connectivity index (χ3v) is 6.09. The van der Waals surface area contributed by atoms with Crippen LogP contribution in [0.3, 0.4) is 0 Å². The van der Waals surface area contributed by atoms with E-state index in [1.165, 1.54) is 12.1 Å². The Balaban J connectivity index is 1.83. The van der Waals surface area contributed by atoms with E-state index in [2.05, 4.69) is 36.9 Å². The molecular weight excluding hydrogens is 510 g/mol. The quantitative estimate of drug-likeness (QED) is 0.304. The molecule has 0 heterocycles. The van der Waals surface area contributed by atoms with E-state index >= 15 is 0 Å². The molecule has 0 spiro atoms. The van der Waals surface area contributed by atoms with Gasteiger partial charge in [0.1, 0.15) is 10.6 Å². The Morgan fingerprint density at radius 3 is 2.11 bits per heavy atom. The Morgan fingerprint density at radius 1 is 0.929 bits per heavy atom. The zero-order chi connectivity index (χ0) is 20.1. The Labute approximate surface area is 180 Å². The van der Waals surface area contributed by atoms with Gasteiger partial charge >= 0.3 is 10.1 Å². The second-order valence-electron chi connectivity index (χ2n) is 5.62. The van der Waals surface area contributed by atoms with Crippen LogP contribution in [0.2, 0.25) is 0 Å². The topological polar surface area (TPSA) is 65.0 Å². The number of nitrogens with zero attached hydrogens (tertiary/aromatic N) is 1. The molecule has 144 valence electrons. The molecular formula is C20H15Br2NO4S. The molecule has 0 aliphatic carbocycles. The maximum absolute atomic E-state index is 12.5. The Kier molecular flexibility index (Phi) is 6.53. The molecule has 0 aliphatic rings. The summed E-state index contributed by atoms with van der Waals surface area (Å²) in [6.45, 7) is 0. The number of aliphatic imine (C=N–C) groups is 1. The number of hydrogen-bond donors (Lipinski definition) is 0. The zero-order valence-corrected chi connectivity index (χ0v) is 18.7. The van der Waals surface area contributed by atoms with Crippen molar-refractivity contribution in [2.45, 2.75) is 4.90 Å². The largest absolute Gasteiger partial charge is 0.497 e. The normalized spacial score (nSPS) is 11.5. The molecule has 0 bridgehead atoms. The van der Waals surface area contributed by atoms with Crippen molar-refractivity contribution >= 4 is 53.9 Å². The van der Waals surface area contributed by atoms with Crippen LogP contribution >= 0.6 is 31.9 Å². The maximum atomic E-state index is 12.5. The zero-order valence-electron chi connectivity index (χ0n) is 14.7. The molecule has 28 heavy (non-hydrogen) atoms. The number of rotatable bonds is 6. The van der Waals surface area contributed by atoms with E-state index in [0.29, 0.717) is 8.95 Å². The van der Waals surface area contributed by atoms with Crippen LogP contribution in [0.25, 0.3) is 0 Å². The molecule has 0 saturated heterocycles. The van der Waals surface area contributed by atoms with Gasteiger partial charge in [-0.25, -0.2) is 0 Å². The predicted octanol–water partition coefficient (Wildman–Crippen LogP) is 5.74. The van der Waals surface area contributed by atoms with Gasteiger partial charge in [0.2, 0.25) is 0 Å². The minimum Gasteiger partial charge on any atom is -0.497 e. The number of hydrogen-bond acceptors (Lipinski definition) is 5. The summed E-state index contributed by atoms with van der Waals surface area (Å²) in [6.07, 6.45) is 1.67. The molecule has 5 nitrogen and oxygen atoms in total. The maximum Gasteiger partial charge on any atom is 0.339 e. The summed E-state index contributed by atoms with van der Waals surface area (Å²) in [7, 11) is -2.33. The minimum absolute atomic E-state index is 0.0824. The Hall–Kier alpha value is -2.16. The van der Waals surface area contributed by atoms with Gasteiger partial charge in [-0.15, -0.1) is 0 Å². The first-order chi connectivity index (χ1) is 13.4. The van der Waals surface area contributed by atoms with Crippen LogP contribution in [0.15, 0.2) is 85.6 Å². The molecule has 0 atom stereocenters. The molecule has 0 saturated carbocycles. The lowest BCUT2D eigenvalue weighted by molar-refractivity contribution is 0.415. The lowest BCUT2D eigenvalue weighted by Gasteiger charge is -2.11.